The van der Waals surface area contributed by atoms with Crippen molar-refractivity contribution < 1.29 is 4.84 Å². The van der Waals surface area contributed by atoms with Gasteiger partial charge in [0, 0.05) is 18.0 Å². The second-order valence-corrected chi connectivity index (χ2v) is 2.10. The molecule has 3 heteroatoms. The number of anilines is 1. The van der Waals surface area contributed by atoms with Gasteiger partial charge in [-0.3, -0.25) is 0 Å². The van der Waals surface area contributed by atoms with Crippen LogP contribution in [0.25, 0.3) is 0 Å². The SMILES string of the molecule is C=NOCc1ccccc1N. The van der Waals surface area contributed by atoms with E-state index in [0.717, 1.165) is 11.3 Å². The molecule has 0 radical (unpaired) electrons. The fourth-order valence-electron chi connectivity index (χ4n) is 0.781. The van der Waals surface area contributed by atoms with E-state index in [1.807, 2.05) is 24.3 Å². The van der Waals surface area contributed by atoms with Crippen LogP contribution < -0.4 is 5.73 Å². The average molecular weight is 150 g/mol. The summed E-state index contributed by atoms with van der Waals surface area (Å²) in [6.45, 7) is 3.58. The molecule has 0 amide bonds. The zero-order valence-corrected chi connectivity index (χ0v) is 6.16. The van der Waals surface area contributed by atoms with E-state index in [4.69, 9.17) is 10.6 Å². The number of hydrogen-bond donors (Lipinski definition) is 1. The molecule has 3 nitrogen and oxygen atoms in total. The van der Waals surface area contributed by atoms with Crippen LogP contribution in [0, 0.1) is 0 Å². The summed E-state index contributed by atoms with van der Waals surface area (Å²) < 4.78 is 0. The van der Waals surface area contributed by atoms with Crippen LogP contribution in [0.1, 0.15) is 5.56 Å². The largest absolute Gasteiger partial charge is 0.398 e. The van der Waals surface area contributed by atoms with E-state index in [0.29, 0.717) is 6.61 Å². The number of nitrogens with two attached hydrogens (primary N) is 1. The molecule has 0 bridgehead atoms. The molecule has 2 N–H and O–H groups in total. The third kappa shape index (κ3) is 1.97. The van der Waals surface area contributed by atoms with Crippen LogP contribution >= 0.6 is 0 Å². The van der Waals surface area contributed by atoms with Gasteiger partial charge in [0.15, 0.2) is 0 Å². The molecule has 0 saturated heterocycles. The Hall–Kier alpha value is -1.51. The van der Waals surface area contributed by atoms with Crippen molar-refractivity contribution in [1.29, 1.82) is 0 Å². The molecule has 0 atom stereocenters. The fraction of sp³-hybridized carbons (Fsp3) is 0.125. The molecule has 11 heavy (non-hydrogen) atoms. The van der Waals surface area contributed by atoms with Gasteiger partial charge >= 0.3 is 0 Å². The summed E-state index contributed by atoms with van der Waals surface area (Å²) in [5, 5.41) is 3.27. The normalized spacial score (nSPS) is 9.09. The van der Waals surface area contributed by atoms with E-state index in [-0.39, 0.29) is 0 Å². The van der Waals surface area contributed by atoms with Gasteiger partial charge in [-0.2, -0.15) is 0 Å². The monoisotopic (exact) mass is 150 g/mol. The van der Waals surface area contributed by atoms with Gasteiger partial charge < -0.3 is 10.6 Å². The summed E-state index contributed by atoms with van der Waals surface area (Å²) in [6.07, 6.45) is 0. The van der Waals surface area contributed by atoms with Gasteiger partial charge in [-0.15, -0.1) is 5.16 Å². The van der Waals surface area contributed by atoms with E-state index in [1.54, 1.807) is 0 Å². The minimum Gasteiger partial charge on any atom is -0.398 e. The molecule has 1 rings (SSSR count). The molecule has 0 heterocycles. The number of rotatable bonds is 3. The van der Waals surface area contributed by atoms with E-state index in [9.17, 15) is 0 Å². The third-order valence-corrected chi connectivity index (χ3v) is 1.37. The summed E-state index contributed by atoms with van der Waals surface area (Å²) >= 11 is 0. The van der Waals surface area contributed by atoms with Crippen molar-refractivity contribution in [2.24, 2.45) is 5.16 Å². The van der Waals surface area contributed by atoms with Crippen LogP contribution in [0.5, 0.6) is 0 Å². The molecule has 58 valence electrons. The van der Waals surface area contributed by atoms with Crippen molar-refractivity contribution in [3.63, 3.8) is 0 Å². The van der Waals surface area contributed by atoms with Gasteiger partial charge in [-0.1, -0.05) is 18.2 Å². The lowest BCUT2D eigenvalue weighted by atomic mass is 10.2. The molecular weight excluding hydrogens is 140 g/mol. The average Bonchev–Trinajstić information content (AvgIpc) is 2.03. The maximum Gasteiger partial charge on any atom is 0.144 e. The second-order valence-electron chi connectivity index (χ2n) is 2.10. The molecular formula is C8H10N2O. The van der Waals surface area contributed by atoms with Crippen molar-refractivity contribution in [3.8, 4) is 0 Å². The Balaban J connectivity index is 2.69. The summed E-state index contributed by atoms with van der Waals surface area (Å²) in [5.74, 6) is 0. The third-order valence-electron chi connectivity index (χ3n) is 1.37. The first-order valence-corrected chi connectivity index (χ1v) is 3.26. The van der Waals surface area contributed by atoms with Crippen molar-refractivity contribution >= 4 is 12.4 Å². The second kappa shape index (κ2) is 3.61. The van der Waals surface area contributed by atoms with Crippen LogP contribution in [0.4, 0.5) is 5.69 Å². The smallest absolute Gasteiger partial charge is 0.144 e. The Morgan fingerprint density at radius 1 is 1.45 bits per heavy atom. The molecule has 0 aliphatic carbocycles. The molecule has 0 unspecified atom stereocenters. The van der Waals surface area contributed by atoms with Gasteiger partial charge in [0.25, 0.3) is 0 Å². The number of benzene rings is 1. The lowest BCUT2D eigenvalue weighted by Gasteiger charge is -2.01. The number of hydrogen-bond acceptors (Lipinski definition) is 3. The van der Waals surface area contributed by atoms with E-state index >= 15 is 0 Å². The molecule has 0 spiro atoms. The fourth-order valence-corrected chi connectivity index (χ4v) is 0.781. The predicted molar refractivity (Wildman–Crippen MR) is 45.2 cm³/mol. The Bertz CT molecular complexity index is 248. The van der Waals surface area contributed by atoms with Crippen LogP contribution in [0.3, 0.4) is 0 Å². The minimum atomic E-state index is 0.385. The quantitative estimate of drug-likeness (QED) is 0.402. The standard InChI is InChI=1S/C8H10N2O/c1-10-11-6-7-4-2-3-5-8(7)9/h2-5H,1,6,9H2. The lowest BCUT2D eigenvalue weighted by Crippen LogP contribution is -1.94. The van der Waals surface area contributed by atoms with Gasteiger partial charge in [-0.25, -0.2) is 0 Å². The summed E-state index contributed by atoms with van der Waals surface area (Å²) in [7, 11) is 0. The number of oxime groups is 1. The molecule has 0 aromatic heterocycles. The first-order valence-electron chi connectivity index (χ1n) is 3.26. The van der Waals surface area contributed by atoms with Crippen molar-refractivity contribution in [1.82, 2.24) is 0 Å². The predicted octanol–water partition coefficient (Wildman–Crippen LogP) is 1.40. The maximum atomic E-state index is 5.62. The topological polar surface area (TPSA) is 47.6 Å². The number of nitrogens with zero attached hydrogens (tertiary/aromatic N) is 1. The van der Waals surface area contributed by atoms with Gasteiger partial charge in [0.05, 0.1) is 0 Å². The highest BCUT2D eigenvalue weighted by Crippen LogP contribution is 2.10. The molecule has 0 fully saturated rings. The first-order chi connectivity index (χ1) is 5.34. The van der Waals surface area contributed by atoms with Gasteiger partial charge in [0.2, 0.25) is 0 Å². The number of nitrogen functional groups attached to an aromatic ring is 1. The Labute approximate surface area is 65.5 Å². The van der Waals surface area contributed by atoms with E-state index < -0.39 is 0 Å². The Morgan fingerprint density at radius 3 is 2.82 bits per heavy atom. The highest BCUT2D eigenvalue weighted by molar-refractivity contribution is 5.45. The van der Waals surface area contributed by atoms with Gasteiger partial charge in [0.1, 0.15) is 6.61 Å². The van der Waals surface area contributed by atoms with Crippen LogP contribution in [-0.4, -0.2) is 6.72 Å². The Morgan fingerprint density at radius 2 is 2.18 bits per heavy atom. The molecule has 1 aromatic carbocycles. The van der Waals surface area contributed by atoms with E-state index in [2.05, 4.69) is 11.9 Å². The molecule has 0 saturated carbocycles. The summed E-state index contributed by atoms with van der Waals surface area (Å²) in [6, 6.07) is 7.49. The van der Waals surface area contributed by atoms with Gasteiger partial charge in [-0.05, 0) is 6.07 Å². The lowest BCUT2D eigenvalue weighted by molar-refractivity contribution is 0.133. The van der Waals surface area contributed by atoms with Crippen LogP contribution in [-0.2, 0) is 11.4 Å². The van der Waals surface area contributed by atoms with Crippen molar-refractivity contribution in [2.45, 2.75) is 6.61 Å². The van der Waals surface area contributed by atoms with E-state index in [1.165, 1.54) is 0 Å². The van der Waals surface area contributed by atoms with Crippen molar-refractivity contribution in [2.75, 3.05) is 5.73 Å². The van der Waals surface area contributed by atoms with Crippen molar-refractivity contribution in [3.05, 3.63) is 29.8 Å². The Kier molecular flexibility index (Phi) is 2.49. The number of para-hydroxylation sites is 1. The highest BCUT2D eigenvalue weighted by Gasteiger charge is 1.95. The molecule has 1 aromatic rings. The molecule has 0 aliphatic rings. The summed E-state index contributed by atoms with van der Waals surface area (Å²) in [5.41, 5.74) is 7.27. The van der Waals surface area contributed by atoms with Crippen LogP contribution in [0.15, 0.2) is 29.4 Å². The summed E-state index contributed by atoms with van der Waals surface area (Å²) in [4.78, 5) is 4.73. The highest BCUT2D eigenvalue weighted by atomic mass is 16.6. The minimum absolute atomic E-state index is 0.385. The zero-order valence-electron chi connectivity index (χ0n) is 6.16. The molecule has 0 aliphatic heterocycles. The van der Waals surface area contributed by atoms with Crippen LogP contribution in [0.2, 0.25) is 0 Å². The maximum absolute atomic E-state index is 5.62. The zero-order chi connectivity index (χ0) is 8.10. The first kappa shape index (κ1) is 7.60.